The summed E-state index contributed by atoms with van der Waals surface area (Å²) in [5.41, 5.74) is 0.633. The molecular weight excluding hydrogens is 262 g/mol. The van der Waals surface area contributed by atoms with E-state index in [0.717, 1.165) is 4.47 Å². The first-order valence-electron chi connectivity index (χ1n) is 4.51. The van der Waals surface area contributed by atoms with E-state index in [4.69, 9.17) is 9.47 Å². The number of carbonyl (C=O) groups is 1. The SMILES string of the molecule is CCOC(=O)Cc1cc(OC)c(Br)cn1. The largest absolute Gasteiger partial charge is 0.495 e. The molecule has 0 aliphatic rings. The highest BCUT2D eigenvalue weighted by Crippen LogP contribution is 2.24. The fourth-order valence-electron chi connectivity index (χ4n) is 1.07. The van der Waals surface area contributed by atoms with E-state index in [2.05, 4.69) is 20.9 Å². The molecule has 0 fully saturated rings. The van der Waals surface area contributed by atoms with Gasteiger partial charge < -0.3 is 9.47 Å². The number of rotatable bonds is 4. The minimum Gasteiger partial charge on any atom is -0.495 e. The smallest absolute Gasteiger partial charge is 0.311 e. The van der Waals surface area contributed by atoms with E-state index in [1.54, 1.807) is 26.3 Å². The highest BCUT2D eigenvalue weighted by atomic mass is 79.9. The molecule has 15 heavy (non-hydrogen) atoms. The van der Waals surface area contributed by atoms with Crippen molar-refractivity contribution in [2.45, 2.75) is 13.3 Å². The number of hydrogen-bond donors (Lipinski definition) is 0. The lowest BCUT2D eigenvalue weighted by Gasteiger charge is -2.05. The zero-order valence-electron chi connectivity index (χ0n) is 8.62. The van der Waals surface area contributed by atoms with E-state index in [-0.39, 0.29) is 12.4 Å². The first kappa shape index (κ1) is 12.0. The van der Waals surface area contributed by atoms with Gasteiger partial charge in [-0.1, -0.05) is 0 Å². The van der Waals surface area contributed by atoms with Crippen molar-refractivity contribution in [3.05, 3.63) is 22.4 Å². The monoisotopic (exact) mass is 273 g/mol. The third kappa shape index (κ3) is 3.51. The lowest BCUT2D eigenvalue weighted by atomic mass is 10.2. The van der Waals surface area contributed by atoms with Gasteiger partial charge >= 0.3 is 5.97 Å². The Morgan fingerprint density at radius 3 is 2.93 bits per heavy atom. The average Bonchev–Trinajstić information content (AvgIpc) is 2.21. The summed E-state index contributed by atoms with van der Waals surface area (Å²) in [5, 5.41) is 0. The molecule has 4 nitrogen and oxygen atoms in total. The molecule has 0 spiro atoms. The van der Waals surface area contributed by atoms with Crippen LogP contribution in [-0.2, 0) is 16.0 Å². The Morgan fingerprint density at radius 1 is 1.60 bits per heavy atom. The average molecular weight is 274 g/mol. The van der Waals surface area contributed by atoms with Crippen molar-refractivity contribution in [2.24, 2.45) is 0 Å². The van der Waals surface area contributed by atoms with E-state index in [0.29, 0.717) is 18.1 Å². The predicted molar refractivity (Wildman–Crippen MR) is 58.8 cm³/mol. The number of methoxy groups -OCH3 is 1. The summed E-state index contributed by atoms with van der Waals surface area (Å²) in [7, 11) is 1.56. The fraction of sp³-hybridized carbons (Fsp3) is 0.400. The van der Waals surface area contributed by atoms with Gasteiger partial charge in [-0.25, -0.2) is 0 Å². The number of halogens is 1. The highest BCUT2D eigenvalue weighted by molar-refractivity contribution is 9.10. The molecule has 0 unspecified atom stereocenters. The van der Waals surface area contributed by atoms with Gasteiger partial charge in [-0.05, 0) is 22.9 Å². The van der Waals surface area contributed by atoms with E-state index >= 15 is 0 Å². The first-order chi connectivity index (χ1) is 7.17. The molecular formula is C10H12BrNO3. The van der Waals surface area contributed by atoms with Gasteiger partial charge in [-0.2, -0.15) is 0 Å². The quantitative estimate of drug-likeness (QED) is 0.787. The molecule has 82 valence electrons. The summed E-state index contributed by atoms with van der Waals surface area (Å²) in [5.74, 6) is 0.374. The molecule has 0 aliphatic carbocycles. The van der Waals surface area contributed by atoms with Crippen molar-refractivity contribution in [1.29, 1.82) is 0 Å². The van der Waals surface area contributed by atoms with Gasteiger partial charge in [0.05, 0.1) is 30.3 Å². The second-order valence-electron chi connectivity index (χ2n) is 2.79. The number of carbonyl (C=O) groups excluding carboxylic acids is 1. The van der Waals surface area contributed by atoms with Crippen LogP contribution in [0.4, 0.5) is 0 Å². The van der Waals surface area contributed by atoms with Gasteiger partial charge in [0.15, 0.2) is 0 Å². The van der Waals surface area contributed by atoms with Gasteiger partial charge in [0.1, 0.15) is 5.75 Å². The number of pyridine rings is 1. The molecule has 1 heterocycles. The maximum atomic E-state index is 11.2. The molecule has 0 amide bonds. The second kappa shape index (κ2) is 5.70. The third-order valence-corrected chi connectivity index (χ3v) is 2.32. The number of ether oxygens (including phenoxy) is 2. The lowest BCUT2D eigenvalue weighted by Crippen LogP contribution is -2.08. The summed E-state index contributed by atoms with van der Waals surface area (Å²) < 4.78 is 10.7. The van der Waals surface area contributed by atoms with Crippen LogP contribution in [0, 0.1) is 0 Å². The van der Waals surface area contributed by atoms with E-state index < -0.39 is 0 Å². The zero-order chi connectivity index (χ0) is 11.3. The van der Waals surface area contributed by atoms with Crippen LogP contribution in [0.15, 0.2) is 16.7 Å². The maximum Gasteiger partial charge on any atom is 0.311 e. The molecule has 1 aromatic heterocycles. The second-order valence-corrected chi connectivity index (χ2v) is 3.65. The van der Waals surface area contributed by atoms with Crippen LogP contribution < -0.4 is 4.74 Å². The van der Waals surface area contributed by atoms with E-state index in [1.807, 2.05) is 0 Å². The third-order valence-electron chi connectivity index (χ3n) is 1.73. The molecule has 0 atom stereocenters. The number of aromatic nitrogens is 1. The van der Waals surface area contributed by atoms with Crippen molar-refractivity contribution >= 4 is 21.9 Å². The van der Waals surface area contributed by atoms with Gasteiger partial charge in [0.25, 0.3) is 0 Å². The summed E-state index contributed by atoms with van der Waals surface area (Å²) >= 11 is 3.28. The molecule has 0 radical (unpaired) electrons. The van der Waals surface area contributed by atoms with Crippen molar-refractivity contribution in [1.82, 2.24) is 4.98 Å². The molecule has 0 N–H and O–H groups in total. The van der Waals surface area contributed by atoms with Gasteiger partial charge in [-0.15, -0.1) is 0 Å². The maximum absolute atomic E-state index is 11.2. The van der Waals surface area contributed by atoms with Crippen LogP contribution in [0.25, 0.3) is 0 Å². The topological polar surface area (TPSA) is 48.4 Å². The Hall–Kier alpha value is -1.10. The Kier molecular flexibility index (Phi) is 4.55. The molecule has 0 bridgehead atoms. The Labute approximate surface area is 96.7 Å². The molecule has 1 aromatic rings. The van der Waals surface area contributed by atoms with Crippen molar-refractivity contribution < 1.29 is 14.3 Å². The summed E-state index contributed by atoms with van der Waals surface area (Å²) in [6, 6.07) is 1.71. The molecule has 0 aliphatic heterocycles. The van der Waals surface area contributed by atoms with Crippen molar-refractivity contribution in [3.63, 3.8) is 0 Å². The Morgan fingerprint density at radius 2 is 2.33 bits per heavy atom. The van der Waals surface area contributed by atoms with Crippen molar-refractivity contribution in [2.75, 3.05) is 13.7 Å². The molecule has 0 saturated heterocycles. The van der Waals surface area contributed by atoms with Crippen LogP contribution in [-0.4, -0.2) is 24.7 Å². The van der Waals surface area contributed by atoms with Crippen LogP contribution in [0.5, 0.6) is 5.75 Å². The fourth-order valence-corrected chi connectivity index (χ4v) is 1.45. The molecule has 0 aromatic carbocycles. The molecule has 1 rings (SSSR count). The Balaban J connectivity index is 2.74. The van der Waals surface area contributed by atoms with Crippen LogP contribution in [0.1, 0.15) is 12.6 Å². The van der Waals surface area contributed by atoms with Crippen LogP contribution in [0.2, 0.25) is 0 Å². The first-order valence-corrected chi connectivity index (χ1v) is 5.30. The van der Waals surface area contributed by atoms with E-state index in [1.165, 1.54) is 0 Å². The number of nitrogens with zero attached hydrogens (tertiary/aromatic N) is 1. The standard InChI is InChI=1S/C10H12BrNO3/c1-3-15-10(13)5-7-4-9(14-2)8(11)6-12-7/h4,6H,3,5H2,1-2H3. The molecule has 0 saturated carbocycles. The van der Waals surface area contributed by atoms with E-state index in [9.17, 15) is 4.79 Å². The highest BCUT2D eigenvalue weighted by Gasteiger charge is 2.08. The summed E-state index contributed by atoms with van der Waals surface area (Å²) in [6.07, 6.45) is 1.77. The van der Waals surface area contributed by atoms with Gasteiger partial charge in [-0.3, -0.25) is 9.78 Å². The minimum absolute atomic E-state index is 0.164. The number of hydrogen-bond acceptors (Lipinski definition) is 4. The minimum atomic E-state index is -0.283. The van der Waals surface area contributed by atoms with Gasteiger partial charge in [0, 0.05) is 12.3 Å². The normalized spacial score (nSPS) is 9.80. The number of esters is 1. The van der Waals surface area contributed by atoms with Crippen LogP contribution >= 0.6 is 15.9 Å². The lowest BCUT2D eigenvalue weighted by molar-refractivity contribution is -0.142. The van der Waals surface area contributed by atoms with Crippen molar-refractivity contribution in [3.8, 4) is 5.75 Å². The Bertz CT molecular complexity index is 355. The predicted octanol–water partition coefficient (Wildman–Crippen LogP) is 1.96. The van der Waals surface area contributed by atoms with Crippen LogP contribution in [0.3, 0.4) is 0 Å². The molecule has 5 heteroatoms. The summed E-state index contributed by atoms with van der Waals surface area (Å²) in [4.78, 5) is 15.3. The van der Waals surface area contributed by atoms with Gasteiger partial charge in [0.2, 0.25) is 0 Å². The summed E-state index contributed by atoms with van der Waals surface area (Å²) in [6.45, 7) is 2.15. The zero-order valence-corrected chi connectivity index (χ0v) is 10.2.